The lowest BCUT2D eigenvalue weighted by molar-refractivity contribution is 0.853. The van der Waals surface area contributed by atoms with Crippen molar-refractivity contribution in [3.8, 4) is 0 Å². The van der Waals surface area contributed by atoms with E-state index in [4.69, 9.17) is 0 Å². The lowest BCUT2D eigenvalue weighted by Crippen LogP contribution is -2.27. The standard InChI is InChI=1S/C5H15NSi/c1-4-5-6-7(2)3/h6-7H,4-5H2,1-3H3. The van der Waals surface area contributed by atoms with Gasteiger partial charge in [-0.2, -0.15) is 0 Å². The summed E-state index contributed by atoms with van der Waals surface area (Å²) in [5, 5.41) is 0. The maximum absolute atomic E-state index is 3.43. The van der Waals surface area contributed by atoms with Crippen LogP contribution in [0.4, 0.5) is 0 Å². The van der Waals surface area contributed by atoms with Crippen LogP contribution in [0.2, 0.25) is 13.1 Å². The van der Waals surface area contributed by atoms with Gasteiger partial charge in [0.2, 0.25) is 0 Å². The van der Waals surface area contributed by atoms with E-state index in [-0.39, 0.29) is 0 Å². The molecule has 0 aliphatic rings. The van der Waals surface area contributed by atoms with Crippen LogP contribution in [0.1, 0.15) is 13.3 Å². The largest absolute Gasteiger partial charge is 0.340 e. The molecule has 1 nitrogen and oxygen atoms in total. The van der Waals surface area contributed by atoms with Crippen LogP contribution in [0.3, 0.4) is 0 Å². The van der Waals surface area contributed by atoms with E-state index in [1.54, 1.807) is 0 Å². The van der Waals surface area contributed by atoms with E-state index in [1.807, 2.05) is 0 Å². The molecule has 7 heavy (non-hydrogen) atoms. The van der Waals surface area contributed by atoms with Gasteiger partial charge in [-0.3, -0.25) is 0 Å². The Morgan fingerprint density at radius 3 is 2.14 bits per heavy atom. The van der Waals surface area contributed by atoms with Gasteiger partial charge in [0, 0.05) is 0 Å². The molecule has 0 radical (unpaired) electrons. The van der Waals surface area contributed by atoms with E-state index in [0.717, 1.165) is 0 Å². The molecule has 0 spiro atoms. The van der Waals surface area contributed by atoms with Crippen LogP contribution >= 0.6 is 0 Å². The summed E-state index contributed by atoms with van der Waals surface area (Å²) in [6.45, 7) is 8.01. The number of hydrogen-bond acceptors (Lipinski definition) is 1. The molecule has 0 fully saturated rings. The smallest absolute Gasteiger partial charge is 0.102 e. The van der Waals surface area contributed by atoms with Crippen molar-refractivity contribution in [3.63, 3.8) is 0 Å². The molecular formula is C5H15NSi. The first-order valence-corrected chi connectivity index (χ1v) is 5.89. The third kappa shape index (κ3) is 6.18. The molecule has 0 rings (SSSR count). The second kappa shape index (κ2) is 4.34. The highest BCUT2D eigenvalue weighted by Gasteiger charge is 1.88. The molecular weight excluding hydrogens is 102 g/mol. The van der Waals surface area contributed by atoms with Gasteiger partial charge in [0.1, 0.15) is 8.96 Å². The van der Waals surface area contributed by atoms with Gasteiger partial charge in [0.25, 0.3) is 0 Å². The average Bonchev–Trinajstić information content (AvgIpc) is 1.61. The first-order valence-electron chi connectivity index (χ1n) is 3.00. The fourth-order valence-corrected chi connectivity index (χ4v) is 1.30. The summed E-state index contributed by atoms with van der Waals surface area (Å²) < 4.78 is 0. The topological polar surface area (TPSA) is 12.0 Å². The summed E-state index contributed by atoms with van der Waals surface area (Å²) in [5.74, 6) is 0. The van der Waals surface area contributed by atoms with Gasteiger partial charge in [-0.1, -0.05) is 20.0 Å². The Labute approximate surface area is 47.8 Å². The summed E-state index contributed by atoms with van der Waals surface area (Å²) in [4.78, 5) is 3.43. The fraction of sp³-hybridized carbons (Fsp3) is 1.00. The normalized spacial score (nSPS) is 10.3. The highest BCUT2D eigenvalue weighted by molar-refractivity contribution is 6.52. The quantitative estimate of drug-likeness (QED) is 0.543. The van der Waals surface area contributed by atoms with Gasteiger partial charge in [-0.15, -0.1) is 0 Å². The Hall–Kier alpha value is 0.177. The predicted molar refractivity (Wildman–Crippen MR) is 37.2 cm³/mol. The lowest BCUT2D eigenvalue weighted by Gasteiger charge is -2.01. The highest BCUT2D eigenvalue weighted by Crippen LogP contribution is 1.73. The van der Waals surface area contributed by atoms with Gasteiger partial charge in [0.15, 0.2) is 0 Å². The van der Waals surface area contributed by atoms with E-state index < -0.39 is 8.96 Å². The van der Waals surface area contributed by atoms with Crippen LogP contribution in [0.25, 0.3) is 0 Å². The van der Waals surface area contributed by atoms with E-state index in [0.29, 0.717) is 0 Å². The molecule has 0 aromatic heterocycles. The van der Waals surface area contributed by atoms with E-state index in [9.17, 15) is 0 Å². The summed E-state index contributed by atoms with van der Waals surface area (Å²) in [5.41, 5.74) is 0. The minimum Gasteiger partial charge on any atom is -0.340 e. The lowest BCUT2D eigenvalue weighted by atomic mass is 10.5. The molecule has 0 aromatic carbocycles. The van der Waals surface area contributed by atoms with Crippen LogP contribution in [-0.2, 0) is 0 Å². The van der Waals surface area contributed by atoms with Crippen molar-refractivity contribution in [1.82, 2.24) is 4.98 Å². The van der Waals surface area contributed by atoms with Gasteiger partial charge in [0.05, 0.1) is 0 Å². The zero-order valence-corrected chi connectivity index (χ0v) is 6.65. The highest BCUT2D eigenvalue weighted by atomic mass is 28.3. The zero-order chi connectivity index (χ0) is 5.70. The van der Waals surface area contributed by atoms with Crippen LogP contribution in [0.15, 0.2) is 0 Å². The summed E-state index contributed by atoms with van der Waals surface area (Å²) in [6.07, 6.45) is 1.27. The molecule has 0 aromatic rings. The molecule has 1 N–H and O–H groups in total. The van der Waals surface area contributed by atoms with Gasteiger partial charge in [-0.05, 0) is 13.0 Å². The Kier molecular flexibility index (Phi) is 4.45. The maximum atomic E-state index is 3.43. The van der Waals surface area contributed by atoms with Crippen molar-refractivity contribution in [2.75, 3.05) is 6.54 Å². The second-order valence-electron chi connectivity index (χ2n) is 2.11. The van der Waals surface area contributed by atoms with Crippen LogP contribution in [-0.4, -0.2) is 15.5 Å². The Morgan fingerprint density at radius 2 is 2.00 bits per heavy atom. The molecule has 2 heteroatoms. The molecule has 0 aliphatic heterocycles. The number of nitrogens with one attached hydrogen (secondary N) is 1. The van der Waals surface area contributed by atoms with Crippen molar-refractivity contribution < 1.29 is 0 Å². The van der Waals surface area contributed by atoms with Crippen LogP contribution in [0, 0.1) is 0 Å². The first-order chi connectivity index (χ1) is 3.27. The van der Waals surface area contributed by atoms with Gasteiger partial charge in [-0.25, -0.2) is 0 Å². The first kappa shape index (κ1) is 7.18. The molecule has 0 bridgehead atoms. The predicted octanol–water partition coefficient (Wildman–Crippen LogP) is 0.969. The van der Waals surface area contributed by atoms with E-state index in [2.05, 4.69) is 25.0 Å². The molecule has 44 valence electrons. The van der Waals surface area contributed by atoms with Crippen LogP contribution in [0.5, 0.6) is 0 Å². The summed E-state index contributed by atoms with van der Waals surface area (Å²) in [6, 6.07) is 0. The minimum absolute atomic E-state index is 0.438. The van der Waals surface area contributed by atoms with Gasteiger partial charge >= 0.3 is 0 Å². The molecule has 0 saturated carbocycles. The monoisotopic (exact) mass is 117 g/mol. The third-order valence-corrected chi connectivity index (χ3v) is 1.91. The van der Waals surface area contributed by atoms with Crippen LogP contribution < -0.4 is 4.98 Å². The number of hydrogen-bond donors (Lipinski definition) is 1. The van der Waals surface area contributed by atoms with Crippen molar-refractivity contribution >= 4 is 8.96 Å². The second-order valence-corrected chi connectivity index (χ2v) is 4.83. The average molecular weight is 117 g/mol. The van der Waals surface area contributed by atoms with Crippen molar-refractivity contribution in [1.29, 1.82) is 0 Å². The van der Waals surface area contributed by atoms with E-state index in [1.165, 1.54) is 13.0 Å². The SMILES string of the molecule is CCCN[SiH](C)C. The Morgan fingerprint density at radius 1 is 1.43 bits per heavy atom. The third-order valence-electron chi connectivity index (χ3n) is 0.803. The fourth-order valence-electron chi connectivity index (χ4n) is 0.433. The van der Waals surface area contributed by atoms with Crippen molar-refractivity contribution in [2.45, 2.75) is 26.4 Å². The molecule has 0 amide bonds. The van der Waals surface area contributed by atoms with Crippen molar-refractivity contribution in [3.05, 3.63) is 0 Å². The summed E-state index contributed by atoms with van der Waals surface area (Å²) in [7, 11) is -0.438. The maximum Gasteiger partial charge on any atom is 0.102 e. The molecule has 0 heterocycles. The number of rotatable bonds is 3. The van der Waals surface area contributed by atoms with Crippen molar-refractivity contribution in [2.24, 2.45) is 0 Å². The zero-order valence-electron chi connectivity index (χ0n) is 5.49. The molecule has 0 saturated heterocycles. The van der Waals surface area contributed by atoms with E-state index >= 15 is 0 Å². The molecule has 0 atom stereocenters. The molecule has 0 aliphatic carbocycles. The summed E-state index contributed by atoms with van der Waals surface area (Å²) >= 11 is 0. The Bertz CT molecular complexity index is 37.1. The minimum atomic E-state index is -0.438. The Balaban J connectivity index is 2.68. The van der Waals surface area contributed by atoms with Gasteiger partial charge < -0.3 is 4.98 Å². The molecule has 0 unspecified atom stereocenters.